The number of Topliss-reactive ketones (excluding diaryl/α,β-unsaturated/α-hetero) is 2. The Labute approximate surface area is 479 Å². The Kier molecular flexibility index (Phi) is 18.5. The molecular weight excluding hydrogens is 1040 g/mol. The molecule has 0 spiro atoms. The van der Waals surface area contributed by atoms with Gasteiger partial charge in [-0.3, -0.25) is 28.8 Å². The van der Waals surface area contributed by atoms with E-state index in [-0.39, 0.29) is 84.0 Å². The fraction of sp³-hybridized carbons (Fsp3) is 0.446. The summed E-state index contributed by atoms with van der Waals surface area (Å²) in [5.74, 6) is 0.948. The lowest BCUT2D eigenvalue weighted by molar-refractivity contribution is -0.131. The summed E-state index contributed by atoms with van der Waals surface area (Å²) in [5, 5.41) is 6.06. The number of fused-ring (bicyclic) bond motifs is 8. The van der Waals surface area contributed by atoms with E-state index in [0.717, 1.165) is 83.5 Å². The van der Waals surface area contributed by atoms with Crippen LogP contribution in [0.3, 0.4) is 0 Å². The molecule has 0 aromatic heterocycles. The third-order valence-corrected chi connectivity index (χ3v) is 19.5. The number of rotatable bonds is 24. The number of para-hydroxylation sites is 2. The van der Waals surface area contributed by atoms with E-state index >= 15 is 0 Å². The van der Waals surface area contributed by atoms with Crippen molar-refractivity contribution in [3.8, 4) is 17.2 Å². The lowest BCUT2D eigenvalue weighted by Gasteiger charge is -2.25. The van der Waals surface area contributed by atoms with Crippen molar-refractivity contribution < 1.29 is 43.0 Å². The highest BCUT2D eigenvalue weighted by molar-refractivity contribution is 8.77. The first kappa shape index (κ1) is 58.1. The number of ether oxygens (including phenoxy) is 3. The molecule has 422 valence electrons. The predicted octanol–water partition coefficient (Wildman–Crippen LogP) is 12.6. The van der Waals surface area contributed by atoms with Crippen LogP contribution < -0.4 is 34.6 Å². The van der Waals surface area contributed by atoms with Gasteiger partial charge < -0.3 is 34.6 Å². The summed E-state index contributed by atoms with van der Waals surface area (Å²) in [5.41, 5.74) is 10.2. The molecule has 0 fully saturated rings. The van der Waals surface area contributed by atoms with Crippen molar-refractivity contribution in [2.75, 3.05) is 28.0 Å². The van der Waals surface area contributed by atoms with Gasteiger partial charge in [0, 0.05) is 82.4 Å². The molecule has 0 radical (unpaired) electrons. The number of benzene rings is 5. The minimum Gasteiger partial charge on any atom is -0.493 e. The number of hydrogen-bond acceptors (Lipinski definition) is 11. The minimum absolute atomic E-state index is 0.00821. The highest BCUT2D eigenvalue weighted by Gasteiger charge is 2.39. The molecule has 13 nitrogen and oxygen atoms in total. The number of methoxy groups -OCH3 is 1. The van der Waals surface area contributed by atoms with Crippen LogP contribution in [-0.2, 0) is 58.1 Å². The first-order chi connectivity index (χ1) is 38.4. The maximum absolute atomic E-state index is 14.2. The molecule has 0 unspecified atom stereocenters. The quantitative estimate of drug-likeness (QED) is 0.0447. The van der Waals surface area contributed by atoms with Crippen molar-refractivity contribution in [2.45, 2.75) is 162 Å². The summed E-state index contributed by atoms with van der Waals surface area (Å²) in [6.07, 6.45) is 7.47. The van der Waals surface area contributed by atoms with Crippen LogP contribution in [0.4, 0.5) is 17.1 Å². The van der Waals surface area contributed by atoms with Gasteiger partial charge in [-0.25, -0.2) is 0 Å². The standard InChI is InChI=1S/C65H76N4O9S2/c1-9-51(70)17-14-26-79-80-65(6,7)25-24-60(72)67-61(39(2)3)56(71)28-41(5)62(73)66-48-30-42(37-77-57-34-44-20-22-49-32-46-15-10-12-18-54(46)68(49)63(74)52(44)27-40(57)4)29-43(31-48)38-78-59-35-45-21-23-50-33-47-16-11-13-19-55(47)69(50)64(75)53(45)36-58(59)76-8/h10-13,15-16,18-19,27,29-31,34-36,39,41,49-50,61H,9,14,17,20-26,28,32-33,37-38H2,1-8H3,(H,66,73)(H,67,72)/t41-,49-,50-,61+/m1/s1. The molecule has 4 atom stereocenters. The fourth-order valence-corrected chi connectivity index (χ4v) is 14.2. The number of carbonyl (C=O) groups is 6. The van der Waals surface area contributed by atoms with Gasteiger partial charge in [-0.15, -0.1) is 0 Å². The Morgan fingerprint density at radius 2 is 1.30 bits per heavy atom. The predicted molar refractivity (Wildman–Crippen MR) is 319 cm³/mol. The highest BCUT2D eigenvalue weighted by Crippen LogP contribution is 2.43. The Bertz CT molecular complexity index is 3170. The van der Waals surface area contributed by atoms with Crippen molar-refractivity contribution in [3.63, 3.8) is 0 Å². The van der Waals surface area contributed by atoms with E-state index in [4.69, 9.17) is 14.2 Å². The second-order valence-electron chi connectivity index (χ2n) is 23.0. The zero-order chi connectivity index (χ0) is 56.8. The maximum atomic E-state index is 14.2. The summed E-state index contributed by atoms with van der Waals surface area (Å²) in [4.78, 5) is 85.4. The van der Waals surface area contributed by atoms with E-state index in [1.165, 1.54) is 11.1 Å². The molecule has 2 N–H and O–H groups in total. The summed E-state index contributed by atoms with van der Waals surface area (Å²) >= 11 is 0. The largest absolute Gasteiger partial charge is 0.493 e. The maximum Gasteiger partial charge on any atom is 0.258 e. The van der Waals surface area contributed by atoms with Crippen molar-refractivity contribution in [2.24, 2.45) is 11.8 Å². The van der Waals surface area contributed by atoms with Gasteiger partial charge in [0.25, 0.3) is 11.8 Å². The summed E-state index contributed by atoms with van der Waals surface area (Å²) < 4.78 is 18.8. The normalized spacial score (nSPS) is 17.0. The number of nitrogens with one attached hydrogen (secondary N) is 2. The summed E-state index contributed by atoms with van der Waals surface area (Å²) in [6.45, 7) is 13.7. The van der Waals surface area contributed by atoms with Gasteiger partial charge in [0.15, 0.2) is 17.3 Å². The average molecular weight is 1120 g/mol. The molecule has 5 aromatic carbocycles. The van der Waals surface area contributed by atoms with Gasteiger partial charge in [0.1, 0.15) is 24.7 Å². The summed E-state index contributed by atoms with van der Waals surface area (Å²) in [7, 11) is 4.99. The summed E-state index contributed by atoms with van der Waals surface area (Å²) in [6, 6.07) is 28.9. The number of anilines is 3. The third-order valence-electron chi connectivity index (χ3n) is 16.0. The van der Waals surface area contributed by atoms with E-state index in [0.29, 0.717) is 59.7 Å². The molecule has 4 aliphatic rings. The lowest BCUT2D eigenvalue weighted by Crippen LogP contribution is -2.45. The SMILES string of the molecule is CCC(=O)CCCSSC(C)(C)CCC(=O)N[C@H](C(=O)C[C@@H](C)C(=O)Nc1cc(COc2cc3c(cc2C)C(=O)N2c4ccccc4C[C@H]2CC3)cc(COc2cc3c(cc2OC)C(=O)N2c4ccccc4C[C@H]2CC3)c1)C(C)C. The Morgan fingerprint density at radius 3 is 1.89 bits per heavy atom. The van der Waals surface area contributed by atoms with Crippen LogP contribution in [0, 0.1) is 18.8 Å². The van der Waals surface area contributed by atoms with Crippen LogP contribution in [0.5, 0.6) is 17.2 Å². The second-order valence-corrected chi connectivity index (χ2v) is 26.1. The third kappa shape index (κ3) is 13.4. The van der Waals surface area contributed by atoms with E-state index in [2.05, 4.69) is 36.6 Å². The van der Waals surface area contributed by atoms with Crippen LogP contribution in [-0.4, -0.2) is 70.9 Å². The smallest absolute Gasteiger partial charge is 0.258 e. The van der Waals surface area contributed by atoms with Gasteiger partial charge >= 0.3 is 0 Å². The number of hydrogen-bond donors (Lipinski definition) is 2. The van der Waals surface area contributed by atoms with E-state index in [9.17, 15) is 28.8 Å². The van der Waals surface area contributed by atoms with E-state index in [1.807, 2.05) is 110 Å². The van der Waals surface area contributed by atoms with Crippen molar-refractivity contribution in [3.05, 3.63) is 141 Å². The van der Waals surface area contributed by atoms with E-state index < -0.39 is 12.0 Å². The van der Waals surface area contributed by atoms with Crippen molar-refractivity contribution >= 4 is 73.8 Å². The zero-order valence-electron chi connectivity index (χ0n) is 47.5. The van der Waals surface area contributed by atoms with Crippen molar-refractivity contribution in [1.82, 2.24) is 5.32 Å². The Morgan fingerprint density at radius 1 is 0.725 bits per heavy atom. The van der Waals surface area contributed by atoms with Gasteiger partial charge in [-0.05, 0) is 172 Å². The first-order valence-corrected chi connectivity index (χ1v) is 30.7. The number of nitrogens with zero attached hydrogens (tertiary/aromatic N) is 2. The molecule has 5 aromatic rings. The van der Waals surface area contributed by atoms with Crippen LogP contribution >= 0.6 is 21.6 Å². The van der Waals surface area contributed by atoms with E-state index in [1.54, 1.807) is 41.7 Å². The topological polar surface area (TPSA) is 161 Å². The first-order valence-electron chi connectivity index (χ1n) is 28.4. The molecule has 0 bridgehead atoms. The molecule has 4 heterocycles. The minimum atomic E-state index is -0.761. The zero-order valence-corrected chi connectivity index (χ0v) is 49.2. The molecule has 0 saturated heterocycles. The molecule has 4 aliphatic heterocycles. The Hall–Kier alpha value is -6.58. The van der Waals surface area contributed by atoms with Crippen LogP contribution in [0.1, 0.15) is 153 Å². The lowest BCUT2D eigenvalue weighted by atomic mass is 9.92. The van der Waals surface area contributed by atoms with Gasteiger partial charge in [0.05, 0.1) is 13.2 Å². The fourth-order valence-electron chi connectivity index (χ4n) is 11.5. The molecule has 9 rings (SSSR count). The molecule has 80 heavy (non-hydrogen) atoms. The number of amides is 4. The Balaban J connectivity index is 0.896. The van der Waals surface area contributed by atoms with Crippen molar-refractivity contribution in [1.29, 1.82) is 0 Å². The van der Waals surface area contributed by atoms with Gasteiger partial charge in [-0.2, -0.15) is 0 Å². The van der Waals surface area contributed by atoms with Gasteiger partial charge in [-0.1, -0.05) is 85.7 Å². The molecule has 4 amide bonds. The van der Waals surface area contributed by atoms with Crippen LogP contribution in [0.2, 0.25) is 0 Å². The number of ketones is 2. The average Bonchev–Trinajstić information content (AvgIpc) is 4.00. The number of aryl methyl sites for hydroxylation is 3. The molecule has 15 heteroatoms. The molecule has 0 aliphatic carbocycles. The molecule has 0 saturated carbocycles. The highest BCUT2D eigenvalue weighted by atomic mass is 33.1. The number of carbonyl (C=O) groups excluding carboxylic acids is 6. The second kappa shape index (κ2) is 25.5. The molecular formula is C65H76N4O9S2. The van der Waals surface area contributed by atoms with Gasteiger partial charge in [0.2, 0.25) is 11.8 Å². The monoisotopic (exact) mass is 1120 g/mol. The van der Waals surface area contributed by atoms with Crippen LogP contribution in [0.15, 0.2) is 91.0 Å². The van der Waals surface area contributed by atoms with Crippen LogP contribution in [0.25, 0.3) is 0 Å².